The highest BCUT2D eigenvalue weighted by atomic mass is 16.5. The zero-order valence-electron chi connectivity index (χ0n) is 16.3. The summed E-state index contributed by atoms with van der Waals surface area (Å²) in [5.41, 5.74) is 2.66. The summed E-state index contributed by atoms with van der Waals surface area (Å²) in [5.74, 6) is 2.09. The van der Waals surface area contributed by atoms with Gasteiger partial charge in [-0.05, 0) is 43.2 Å². The van der Waals surface area contributed by atoms with Gasteiger partial charge in [-0.3, -0.25) is 4.90 Å². The Labute approximate surface area is 148 Å². The first-order valence-electron chi connectivity index (χ1n) is 9.51. The van der Waals surface area contributed by atoms with Crippen molar-refractivity contribution in [1.82, 2.24) is 4.90 Å². The maximum atomic E-state index is 6.28. The molecule has 1 aliphatic heterocycles. The van der Waals surface area contributed by atoms with E-state index in [-0.39, 0.29) is 0 Å². The molecule has 0 saturated carbocycles. The predicted molar refractivity (Wildman–Crippen MR) is 101 cm³/mol. The quantitative estimate of drug-likeness (QED) is 0.668. The highest BCUT2D eigenvalue weighted by Gasteiger charge is 2.21. The van der Waals surface area contributed by atoms with Crippen LogP contribution in [0, 0.1) is 0 Å². The molecule has 3 nitrogen and oxygen atoms in total. The van der Waals surface area contributed by atoms with E-state index in [0.29, 0.717) is 24.0 Å². The highest BCUT2D eigenvalue weighted by molar-refractivity contribution is 5.44. The lowest BCUT2D eigenvalue weighted by Gasteiger charge is -2.35. The average molecular weight is 334 g/mol. The molecule has 1 saturated heterocycles. The van der Waals surface area contributed by atoms with E-state index in [4.69, 9.17) is 9.47 Å². The molecule has 1 aromatic rings. The van der Waals surface area contributed by atoms with Gasteiger partial charge in [0.2, 0.25) is 0 Å². The molecule has 0 N–H and O–H groups in total. The van der Waals surface area contributed by atoms with Crippen LogP contribution in [-0.4, -0.2) is 43.3 Å². The Morgan fingerprint density at radius 3 is 2.08 bits per heavy atom. The molecule has 0 unspecified atom stereocenters. The predicted octanol–water partition coefficient (Wildman–Crippen LogP) is 4.81. The van der Waals surface area contributed by atoms with E-state index < -0.39 is 0 Å². The molecule has 136 valence electrons. The molecule has 2 rings (SSSR count). The molecule has 1 heterocycles. The van der Waals surface area contributed by atoms with Gasteiger partial charge in [-0.1, -0.05) is 45.9 Å². The van der Waals surface area contributed by atoms with E-state index in [1.165, 1.54) is 11.1 Å². The molecule has 1 aromatic carbocycles. The highest BCUT2D eigenvalue weighted by Crippen LogP contribution is 2.34. The molecule has 2 atom stereocenters. The first kappa shape index (κ1) is 19.3. The molecule has 24 heavy (non-hydrogen) atoms. The number of ether oxygens (including phenoxy) is 2. The molecule has 0 radical (unpaired) electrons. The smallest absolute Gasteiger partial charge is 0.126 e. The van der Waals surface area contributed by atoms with Gasteiger partial charge in [0.25, 0.3) is 0 Å². The van der Waals surface area contributed by atoms with Crippen LogP contribution in [0.1, 0.15) is 70.9 Å². The number of benzene rings is 1. The van der Waals surface area contributed by atoms with Gasteiger partial charge in [-0.25, -0.2) is 0 Å². The van der Waals surface area contributed by atoms with Crippen molar-refractivity contribution in [1.29, 1.82) is 0 Å². The number of morpholine rings is 1. The Morgan fingerprint density at radius 1 is 1.04 bits per heavy atom. The zero-order chi connectivity index (χ0) is 17.7. The van der Waals surface area contributed by atoms with Gasteiger partial charge in [0.15, 0.2) is 0 Å². The summed E-state index contributed by atoms with van der Waals surface area (Å²) in [6, 6.07) is 6.57. The van der Waals surface area contributed by atoms with E-state index in [1.807, 2.05) is 0 Å². The lowest BCUT2D eigenvalue weighted by molar-refractivity contribution is -0.0686. The van der Waals surface area contributed by atoms with Gasteiger partial charge in [-0.2, -0.15) is 0 Å². The van der Waals surface area contributed by atoms with Gasteiger partial charge < -0.3 is 9.47 Å². The van der Waals surface area contributed by atoms with E-state index >= 15 is 0 Å². The third-order valence-corrected chi connectivity index (χ3v) is 4.68. The van der Waals surface area contributed by atoms with Crippen molar-refractivity contribution in [2.45, 2.75) is 72.0 Å². The summed E-state index contributed by atoms with van der Waals surface area (Å²) >= 11 is 0. The lowest BCUT2D eigenvalue weighted by atomic mass is 9.94. The number of hydrogen-bond acceptors (Lipinski definition) is 3. The maximum Gasteiger partial charge on any atom is 0.126 e. The van der Waals surface area contributed by atoms with Crippen LogP contribution in [-0.2, 0) is 4.74 Å². The van der Waals surface area contributed by atoms with Gasteiger partial charge in [0.05, 0.1) is 18.8 Å². The average Bonchev–Trinajstić information content (AvgIpc) is 2.50. The van der Waals surface area contributed by atoms with Crippen molar-refractivity contribution in [3.05, 3.63) is 29.3 Å². The van der Waals surface area contributed by atoms with E-state index in [1.54, 1.807) is 0 Å². The van der Waals surface area contributed by atoms with E-state index in [0.717, 1.165) is 38.4 Å². The van der Waals surface area contributed by atoms with Crippen LogP contribution in [0.25, 0.3) is 0 Å². The number of hydrogen-bond donors (Lipinski definition) is 0. The van der Waals surface area contributed by atoms with Crippen molar-refractivity contribution in [2.75, 3.05) is 26.2 Å². The van der Waals surface area contributed by atoms with Crippen molar-refractivity contribution < 1.29 is 9.47 Å². The minimum Gasteiger partial charge on any atom is -0.493 e. The maximum absolute atomic E-state index is 6.28. The monoisotopic (exact) mass is 333 g/mol. The normalized spacial score (nSPS) is 22.3. The third-order valence-electron chi connectivity index (χ3n) is 4.68. The van der Waals surface area contributed by atoms with Crippen LogP contribution in [0.4, 0.5) is 0 Å². The van der Waals surface area contributed by atoms with E-state index in [9.17, 15) is 0 Å². The zero-order valence-corrected chi connectivity index (χ0v) is 16.3. The number of nitrogens with zero attached hydrogens (tertiary/aromatic N) is 1. The van der Waals surface area contributed by atoms with Crippen LogP contribution in [0.5, 0.6) is 5.75 Å². The number of rotatable bonds is 7. The van der Waals surface area contributed by atoms with E-state index in [2.05, 4.69) is 64.6 Å². The Hall–Kier alpha value is -1.06. The standard InChI is InChI=1S/C21H35NO2/c1-15(2)19-9-7-10-20(16(3)4)21(19)23-12-8-11-22-13-17(5)24-18(6)14-22/h7,9-10,15-18H,8,11-14H2,1-6H3/t17-,18-/m1/s1. The van der Waals surface area contributed by atoms with Crippen LogP contribution >= 0.6 is 0 Å². The van der Waals surface area contributed by atoms with Crippen LogP contribution in [0.2, 0.25) is 0 Å². The van der Waals surface area contributed by atoms with Gasteiger partial charge >= 0.3 is 0 Å². The minimum atomic E-state index is 0.337. The van der Waals surface area contributed by atoms with Crippen LogP contribution in [0.15, 0.2) is 18.2 Å². The largest absolute Gasteiger partial charge is 0.493 e. The summed E-state index contributed by atoms with van der Waals surface area (Å²) in [4.78, 5) is 2.50. The Kier molecular flexibility index (Phi) is 7.12. The number of para-hydroxylation sites is 1. The first-order chi connectivity index (χ1) is 11.4. The fourth-order valence-electron chi connectivity index (χ4n) is 3.58. The molecule has 0 aliphatic carbocycles. The summed E-state index contributed by atoms with van der Waals surface area (Å²) in [5, 5.41) is 0. The fraction of sp³-hybridized carbons (Fsp3) is 0.714. The van der Waals surface area contributed by atoms with Crippen LogP contribution < -0.4 is 4.74 Å². The van der Waals surface area contributed by atoms with Gasteiger partial charge in [0.1, 0.15) is 5.75 Å². The van der Waals surface area contributed by atoms with Gasteiger partial charge in [0, 0.05) is 19.6 Å². The SMILES string of the molecule is CC(C)c1cccc(C(C)C)c1OCCCN1C[C@@H](C)O[C@H](C)C1. The summed E-state index contributed by atoms with van der Waals surface area (Å²) in [6.45, 7) is 17.2. The van der Waals surface area contributed by atoms with Gasteiger partial charge in [-0.15, -0.1) is 0 Å². The van der Waals surface area contributed by atoms with Crippen molar-refractivity contribution >= 4 is 0 Å². The molecular formula is C21H35NO2. The molecule has 0 amide bonds. The first-order valence-corrected chi connectivity index (χ1v) is 9.51. The summed E-state index contributed by atoms with van der Waals surface area (Å²) in [6.07, 6.45) is 1.73. The molecule has 0 aromatic heterocycles. The molecular weight excluding hydrogens is 298 g/mol. The second kappa shape index (κ2) is 8.87. The Balaban J connectivity index is 1.92. The second-order valence-corrected chi connectivity index (χ2v) is 7.79. The molecule has 1 fully saturated rings. The Bertz CT molecular complexity index is 476. The second-order valence-electron chi connectivity index (χ2n) is 7.79. The fourth-order valence-corrected chi connectivity index (χ4v) is 3.58. The van der Waals surface area contributed by atoms with Crippen molar-refractivity contribution in [3.8, 4) is 5.75 Å². The molecule has 0 bridgehead atoms. The summed E-state index contributed by atoms with van der Waals surface area (Å²) in [7, 11) is 0. The lowest BCUT2D eigenvalue weighted by Crippen LogP contribution is -2.45. The molecule has 1 aliphatic rings. The minimum absolute atomic E-state index is 0.337. The molecule has 0 spiro atoms. The van der Waals surface area contributed by atoms with Crippen molar-refractivity contribution in [3.63, 3.8) is 0 Å². The third kappa shape index (κ3) is 5.22. The summed E-state index contributed by atoms with van der Waals surface area (Å²) < 4.78 is 12.1. The van der Waals surface area contributed by atoms with Crippen molar-refractivity contribution in [2.24, 2.45) is 0 Å². The molecule has 3 heteroatoms. The topological polar surface area (TPSA) is 21.7 Å². The Morgan fingerprint density at radius 2 is 1.58 bits per heavy atom. The van der Waals surface area contributed by atoms with Crippen LogP contribution in [0.3, 0.4) is 0 Å².